The summed E-state index contributed by atoms with van der Waals surface area (Å²) in [5, 5.41) is 12.0. The summed E-state index contributed by atoms with van der Waals surface area (Å²) in [5.41, 5.74) is 6.22. The summed E-state index contributed by atoms with van der Waals surface area (Å²) < 4.78 is 109. The van der Waals surface area contributed by atoms with E-state index in [1.165, 1.54) is 43.3 Å². The molecule has 0 aliphatic heterocycles. The standard InChI is InChI=1S/C19H18N2O3S2.C16H16N2O3S2.C11H14N2O4S2.C10H12N2O3S2.CH4/c1-21-18-9-8-14(11-16(18)19(22)25-21)26(23,24)10-4-5-13-12-20-17-7-3-2-6-15(13)17;1-18-15-5-4-13(11-14(15)16(19)22-18)23(20,21)10-2-3-12-6-8-17-9-7-12;1-7(14)6-12-19(16,17)8-3-4-10-9(5-8)11(15)18-13(10)2;1-3-11-17(14,15)7-4-5-9-8(6-7)10(13)16-12(9)2;/h2-3,6-9,11-12,20H,4-5,10H2,1H3;4-9,11H,2-3,10H2,1H3;3-5,7,12,14H,6H2,1-2H3;4-6,11H,3H2,1-2H3;1H4. The summed E-state index contributed by atoms with van der Waals surface area (Å²) in [7, 11) is -6.92. The molecule has 458 valence electrons. The summed E-state index contributed by atoms with van der Waals surface area (Å²) in [5.74, 6) is 0.119. The van der Waals surface area contributed by atoms with Crippen molar-refractivity contribution in [3.8, 4) is 0 Å². The number of H-pyrrole nitrogens is 1. The largest absolute Gasteiger partial charge is 0.392 e. The number of sulfonamides is 2. The molecular weight excluding hydrogens is 1260 g/mol. The van der Waals surface area contributed by atoms with E-state index in [9.17, 15) is 52.8 Å². The van der Waals surface area contributed by atoms with Gasteiger partial charge in [-0.2, -0.15) is 0 Å². The maximum Gasteiger partial charge on any atom is 0.257 e. The van der Waals surface area contributed by atoms with Crippen LogP contribution in [0.3, 0.4) is 0 Å². The van der Waals surface area contributed by atoms with Gasteiger partial charge in [0.1, 0.15) is 0 Å². The third-order valence-electron chi connectivity index (χ3n) is 13.4. The highest BCUT2D eigenvalue weighted by Gasteiger charge is 2.21. The predicted molar refractivity (Wildman–Crippen MR) is 346 cm³/mol. The van der Waals surface area contributed by atoms with E-state index in [-0.39, 0.29) is 64.0 Å². The first kappa shape index (κ1) is 66.8. The van der Waals surface area contributed by atoms with E-state index in [0.717, 1.165) is 84.7 Å². The van der Waals surface area contributed by atoms with Crippen molar-refractivity contribution in [3.05, 3.63) is 177 Å². The molecule has 0 aliphatic carbocycles. The number of aryl methyl sites for hydroxylation is 6. The van der Waals surface area contributed by atoms with Crippen molar-refractivity contribution in [1.29, 1.82) is 0 Å². The van der Waals surface area contributed by atoms with Gasteiger partial charge in [0.05, 0.1) is 80.8 Å². The van der Waals surface area contributed by atoms with Gasteiger partial charge in [0.2, 0.25) is 20.0 Å². The Balaban J connectivity index is 0.000000166. The molecule has 5 aromatic carbocycles. The fourth-order valence-electron chi connectivity index (χ4n) is 9.05. The number of nitrogens with one attached hydrogen (secondary N) is 3. The monoisotopic (exact) mass is 1320 g/mol. The molecule has 0 fully saturated rings. The highest BCUT2D eigenvalue weighted by molar-refractivity contribution is 7.91. The minimum absolute atomic E-state index is 0. The van der Waals surface area contributed by atoms with Crippen LogP contribution in [-0.4, -0.2) is 95.3 Å². The van der Waals surface area contributed by atoms with E-state index in [4.69, 9.17) is 5.11 Å². The topological polar surface area (TPSA) is 298 Å². The van der Waals surface area contributed by atoms with Gasteiger partial charge in [-0.3, -0.25) is 40.0 Å². The number of pyridine rings is 1. The van der Waals surface area contributed by atoms with Gasteiger partial charge in [-0.1, -0.05) is 32.5 Å². The van der Waals surface area contributed by atoms with Crippen LogP contribution in [0.2, 0.25) is 0 Å². The molecule has 1 atom stereocenters. The van der Waals surface area contributed by atoms with Crippen molar-refractivity contribution < 1.29 is 38.8 Å². The lowest BCUT2D eigenvalue weighted by Gasteiger charge is -2.08. The summed E-state index contributed by atoms with van der Waals surface area (Å²) in [4.78, 5) is 54.9. The number of hydrogen-bond acceptors (Lipinski definition) is 18. The maximum atomic E-state index is 12.7. The number of aliphatic hydroxyl groups is 1. The summed E-state index contributed by atoms with van der Waals surface area (Å²) in [6.45, 7) is 3.45. The normalized spacial score (nSPS) is 12.3. The molecule has 29 heteroatoms. The Bertz CT molecular complexity index is 4960. The first-order chi connectivity index (χ1) is 40.2. The van der Waals surface area contributed by atoms with E-state index >= 15 is 0 Å². The van der Waals surface area contributed by atoms with Crippen LogP contribution in [0.25, 0.3) is 54.5 Å². The smallest absolute Gasteiger partial charge is 0.257 e. The third-order valence-corrected chi connectivity index (χ3v) is 23.4. The van der Waals surface area contributed by atoms with Gasteiger partial charge in [0.15, 0.2) is 19.7 Å². The second kappa shape index (κ2) is 27.9. The number of nitrogens with zero attached hydrogens (tertiary/aromatic N) is 5. The number of rotatable bonds is 17. The van der Waals surface area contributed by atoms with Crippen LogP contribution >= 0.6 is 46.1 Å². The van der Waals surface area contributed by atoms with Gasteiger partial charge in [0.25, 0.3) is 19.0 Å². The molecule has 0 saturated heterocycles. The quantitative estimate of drug-likeness (QED) is 0.0680. The number of fused-ring (bicyclic) bond motifs is 5. The van der Waals surface area contributed by atoms with E-state index in [1.54, 1.807) is 99.7 Å². The predicted octanol–water partition coefficient (Wildman–Crippen LogP) is 7.68. The number of aromatic nitrogens is 6. The lowest BCUT2D eigenvalue weighted by Crippen LogP contribution is -2.30. The number of hydrogen-bond donors (Lipinski definition) is 4. The molecule has 6 heterocycles. The van der Waals surface area contributed by atoms with Gasteiger partial charge < -0.3 is 10.1 Å². The van der Waals surface area contributed by atoms with Crippen LogP contribution < -0.4 is 28.4 Å². The van der Waals surface area contributed by atoms with E-state index < -0.39 is 45.8 Å². The highest BCUT2D eigenvalue weighted by Crippen LogP contribution is 2.25. The van der Waals surface area contributed by atoms with Crippen LogP contribution in [0.1, 0.15) is 45.2 Å². The average Bonchev–Trinajstić information content (AvgIpc) is 2.77. The van der Waals surface area contributed by atoms with Gasteiger partial charge >= 0.3 is 0 Å². The van der Waals surface area contributed by atoms with Crippen molar-refractivity contribution in [1.82, 2.24) is 35.2 Å². The minimum atomic E-state index is -3.71. The third kappa shape index (κ3) is 15.7. The molecule has 0 saturated carbocycles. The van der Waals surface area contributed by atoms with E-state index in [1.807, 2.05) is 42.6 Å². The Hall–Kier alpha value is -6.77. The lowest BCUT2D eigenvalue weighted by molar-refractivity contribution is 0.198. The second-order valence-corrected chi connectivity index (χ2v) is 31.6. The number of sulfone groups is 2. The Morgan fingerprint density at radius 2 is 0.907 bits per heavy atom. The van der Waals surface area contributed by atoms with Crippen molar-refractivity contribution in [2.24, 2.45) is 28.2 Å². The van der Waals surface area contributed by atoms with E-state index in [2.05, 4.69) is 19.4 Å². The molecule has 0 aliphatic rings. The Morgan fingerprint density at radius 3 is 1.33 bits per heavy atom. The molecule has 21 nitrogen and oxygen atoms in total. The van der Waals surface area contributed by atoms with Crippen LogP contribution in [0.15, 0.2) is 167 Å². The average molecular weight is 1330 g/mol. The van der Waals surface area contributed by atoms with E-state index in [0.29, 0.717) is 59.3 Å². The molecule has 4 N–H and O–H groups in total. The SMILES string of the molecule is C.CC(O)CNS(=O)(=O)c1ccc2c(c1)c(=O)sn2C.CCNS(=O)(=O)c1ccc2c(c1)c(=O)sn2C.Cn1sc(=O)c2cc(S(=O)(=O)CCCc3c[nH]c4ccccc34)ccc21.Cn1sc(=O)c2cc(S(=O)(=O)CCCc3ccncc3)ccc21. The summed E-state index contributed by atoms with van der Waals surface area (Å²) >= 11 is 4.25. The molecule has 0 bridgehead atoms. The zero-order valence-corrected chi connectivity index (χ0v) is 53.2. The highest BCUT2D eigenvalue weighted by atomic mass is 32.2. The number of benzene rings is 5. The van der Waals surface area contributed by atoms with Crippen LogP contribution in [0.4, 0.5) is 0 Å². The minimum Gasteiger partial charge on any atom is -0.392 e. The lowest BCUT2D eigenvalue weighted by atomic mass is 10.1. The van der Waals surface area contributed by atoms with Gasteiger partial charge in [-0.05, 0) is 181 Å². The summed E-state index contributed by atoms with van der Waals surface area (Å²) in [6.07, 6.45) is 7.01. The van der Waals surface area contributed by atoms with Crippen molar-refractivity contribution in [2.45, 2.75) is 72.6 Å². The van der Waals surface area contributed by atoms with Crippen molar-refractivity contribution in [3.63, 3.8) is 0 Å². The van der Waals surface area contributed by atoms with Crippen molar-refractivity contribution in [2.75, 3.05) is 24.6 Å². The Labute approximate surface area is 513 Å². The molecule has 1 unspecified atom stereocenters. The molecule has 0 radical (unpaired) electrons. The molecular formula is C57H64N8O13S8. The van der Waals surface area contributed by atoms with Gasteiger partial charge in [-0.25, -0.2) is 43.1 Å². The first-order valence-electron chi connectivity index (χ1n) is 26.2. The fraction of sp³-hybridized carbons (Fsp3) is 0.281. The maximum absolute atomic E-state index is 12.7. The van der Waals surface area contributed by atoms with Crippen LogP contribution in [0.5, 0.6) is 0 Å². The molecule has 11 aromatic rings. The Morgan fingerprint density at radius 1 is 0.523 bits per heavy atom. The van der Waals surface area contributed by atoms with Gasteiger partial charge in [-0.15, -0.1) is 0 Å². The summed E-state index contributed by atoms with van der Waals surface area (Å²) in [6, 6.07) is 30.3. The fourth-order valence-corrected chi connectivity index (χ4v) is 17.0. The number of aliphatic hydroxyl groups excluding tert-OH is 1. The first-order valence-corrected chi connectivity index (χ1v) is 35.5. The molecule has 6 aromatic heterocycles. The van der Waals surface area contributed by atoms with Crippen LogP contribution in [0, 0.1) is 0 Å². The molecule has 11 rings (SSSR count). The van der Waals surface area contributed by atoms with Crippen LogP contribution in [-0.2, 0) is 80.8 Å². The molecule has 0 spiro atoms. The molecule has 0 amide bonds. The Kier molecular flexibility index (Phi) is 21.7. The van der Waals surface area contributed by atoms with Crippen molar-refractivity contribution >= 4 is 140 Å². The zero-order chi connectivity index (χ0) is 61.6. The number of para-hydroxylation sites is 1. The second-order valence-electron chi connectivity index (χ2n) is 19.5. The molecule has 86 heavy (non-hydrogen) atoms. The van der Waals surface area contributed by atoms with Gasteiger partial charge in [0, 0.05) is 70.8 Å². The number of aromatic amines is 1. The zero-order valence-electron chi connectivity index (χ0n) is 46.7.